The topological polar surface area (TPSA) is 171 Å². The number of nitrogens with one attached hydrogen (secondary N) is 3. The van der Waals surface area contributed by atoms with Crippen LogP contribution in [0.1, 0.15) is 95.6 Å². The number of methoxy groups -OCH3 is 4. The number of nitrogens with zero attached hydrogens (tertiary/aromatic N) is 1. The number of anilines is 4. The van der Waals surface area contributed by atoms with E-state index in [-0.39, 0.29) is 90.5 Å². The van der Waals surface area contributed by atoms with Gasteiger partial charge in [-0.15, -0.1) is 0 Å². The molecule has 0 aliphatic rings. The second-order valence-electron chi connectivity index (χ2n) is 19.0. The SMILES string of the molecule is CCN(CC)CC.COc1ccc(N)c(OC)c1C(=O)Nc1c(C)cc(C(F)(C(F)(F)F)C(F)(F)F)cc1C.COc1ccc(NC(=O)c2ccc(F)cc2)c(OC)c1C(=O)Nc1c(C)cc(C(F)(C(F)(F)F)C(F)(F)F)cc1C.O=C(Cl)c1ccc(F)cc1. The van der Waals surface area contributed by atoms with Gasteiger partial charge >= 0.3 is 36.0 Å². The molecule has 0 radical (unpaired) electrons. The summed E-state index contributed by atoms with van der Waals surface area (Å²) < 4.78 is 233. The van der Waals surface area contributed by atoms with Gasteiger partial charge in [-0.1, -0.05) is 45.0 Å². The van der Waals surface area contributed by atoms with E-state index in [0.29, 0.717) is 29.8 Å². The molecule has 5 N–H and O–H groups in total. The average molecular weight is 1320 g/mol. The van der Waals surface area contributed by atoms with E-state index in [1.165, 1.54) is 109 Å². The van der Waals surface area contributed by atoms with Gasteiger partial charge in [-0.05, 0) is 154 Å². The molecule has 0 saturated heterocycles. The van der Waals surface area contributed by atoms with Crippen molar-refractivity contribution in [3.8, 4) is 23.0 Å². The molecule has 0 aromatic heterocycles. The van der Waals surface area contributed by atoms with E-state index in [9.17, 15) is 89.4 Å². The molecular formula is C60H60ClF16N5O8. The molecule has 0 aliphatic carbocycles. The fraction of sp³-hybridized carbons (Fsp3) is 0.333. The number of amides is 3. The van der Waals surface area contributed by atoms with Crippen LogP contribution in [0.15, 0.2) is 97.1 Å². The van der Waals surface area contributed by atoms with Gasteiger partial charge in [0.1, 0.15) is 34.3 Å². The minimum atomic E-state index is -6.31. The smallest absolute Gasteiger partial charge is 0.435 e. The van der Waals surface area contributed by atoms with Crippen molar-refractivity contribution in [3.05, 3.63) is 164 Å². The lowest BCUT2D eigenvalue weighted by molar-refractivity contribution is -0.349. The molecule has 0 atom stereocenters. The normalized spacial score (nSPS) is 11.8. The van der Waals surface area contributed by atoms with E-state index >= 15 is 0 Å². The number of halogens is 17. The predicted molar refractivity (Wildman–Crippen MR) is 305 cm³/mol. The van der Waals surface area contributed by atoms with Crippen LogP contribution in [0.25, 0.3) is 0 Å². The first-order chi connectivity index (χ1) is 41.6. The third kappa shape index (κ3) is 17.5. The number of benzene rings is 6. The van der Waals surface area contributed by atoms with Gasteiger partial charge in [0, 0.05) is 33.6 Å². The van der Waals surface area contributed by atoms with Gasteiger partial charge in [-0.25, -0.2) is 17.6 Å². The lowest BCUT2D eigenvalue weighted by Crippen LogP contribution is -2.50. The first-order valence-electron chi connectivity index (χ1n) is 26.1. The second kappa shape index (κ2) is 30.8. The monoisotopic (exact) mass is 1320 g/mol. The Morgan fingerprint density at radius 1 is 0.456 bits per heavy atom. The fourth-order valence-electron chi connectivity index (χ4n) is 8.54. The highest BCUT2D eigenvalue weighted by Crippen LogP contribution is 2.55. The molecule has 492 valence electrons. The quantitative estimate of drug-likeness (QED) is 0.0415. The Balaban J connectivity index is 0.000000378. The molecule has 0 bridgehead atoms. The fourth-order valence-corrected chi connectivity index (χ4v) is 8.67. The standard InChI is InChI=1S/C27H22F8N2O4.C20H19F7N2O3.C7H4ClFO.C6H15N/c1-13-11-16(25(29,26(30,31)32)27(33,34)35)12-14(2)21(13)37-24(39)20-19(40-3)10-9-18(22(20)41-4)36-23(38)15-5-7-17(28)8-6-15;1-9-7-11(18(21,19(22,23)24)20(25,26)27)8-10(2)15(9)29-17(30)14-13(31-3)6-5-12(28)16(14)32-4;8-7(10)5-1-3-6(9)4-2-5;1-4-7(5-2)6-3/h5-12H,1-4H3,(H,36,38)(H,37,39);5-8H,28H2,1-4H3,(H,29,30);1-4H;4-6H2,1-3H3. The van der Waals surface area contributed by atoms with E-state index in [2.05, 4.69) is 41.6 Å². The zero-order valence-corrected chi connectivity index (χ0v) is 50.3. The zero-order valence-electron chi connectivity index (χ0n) is 49.6. The average Bonchev–Trinajstić information content (AvgIpc) is 0.786. The van der Waals surface area contributed by atoms with Crippen LogP contribution >= 0.6 is 11.6 Å². The highest BCUT2D eigenvalue weighted by Gasteiger charge is 2.74. The number of carbonyl (C=O) groups is 4. The summed E-state index contributed by atoms with van der Waals surface area (Å²) in [5.41, 5.74) is -10.2. The van der Waals surface area contributed by atoms with Crippen molar-refractivity contribution in [3.63, 3.8) is 0 Å². The number of carbonyl (C=O) groups excluding carboxylic acids is 4. The Hall–Kier alpha value is -8.47. The van der Waals surface area contributed by atoms with Gasteiger partial charge in [0.2, 0.25) is 0 Å². The Bertz CT molecular complexity index is 3410. The number of hydrogen-bond donors (Lipinski definition) is 4. The summed E-state index contributed by atoms with van der Waals surface area (Å²) in [6, 6.07) is 16.5. The van der Waals surface area contributed by atoms with E-state index in [1.807, 2.05) is 0 Å². The summed E-state index contributed by atoms with van der Waals surface area (Å²) in [5, 5.41) is 6.71. The van der Waals surface area contributed by atoms with E-state index < -0.39 is 76.0 Å². The minimum absolute atomic E-state index is 0.0193. The largest absolute Gasteiger partial charge is 0.496 e. The van der Waals surface area contributed by atoms with Crippen molar-refractivity contribution in [2.24, 2.45) is 0 Å². The Morgan fingerprint density at radius 2 is 0.778 bits per heavy atom. The summed E-state index contributed by atoms with van der Waals surface area (Å²) in [6.45, 7) is 14.6. The second-order valence-corrected chi connectivity index (χ2v) is 19.4. The minimum Gasteiger partial charge on any atom is -0.496 e. The van der Waals surface area contributed by atoms with E-state index in [0.717, 1.165) is 39.8 Å². The third-order valence-electron chi connectivity index (χ3n) is 13.2. The third-order valence-corrected chi connectivity index (χ3v) is 13.5. The van der Waals surface area contributed by atoms with Gasteiger partial charge in [0.15, 0.2) is 11.5 Å². The maximum atomic E-state index is 14.6. The first kappa shape index (κ1) is 75.8. The van der Waals surface area contributed by atoms with Crippen LogP contribution in [0.5, 0.6) is 23.0 Å². The maximum Gasteiger partial charge on any atom is 0.435 e. The summed E-state index contributed by atoms with van der Waals surface area (Å²) >= 11 is 5.09. The van der Waals surface area contributed by atoms with Gasteiger partial charge in [0.25, 0.3) is 23.0 Å². The molecule has 0 unspecified atom stereocenters. The van der Waals surface area contributed by atoms with Crippen LogP contribution in [0.4, 0.5) is 93.0 Å². The van der Waals surface area contributed by atoms with Gasteiger partial charge in [-0.3, -0.25) is 19.2 Å². The molecule has 0 heterocycles. The molecule has 0 fully saturated rings. The van der Waals surface area contributed by atoms with Gasteiger partial charge in [0.05, 0.1) is 39.8 Å². The predicted octanol–water partition coefficient (Wildman–Crippen LogP) is 16.3. The number of alkyl halides is 14. The molecule has 0 saturated carbocycles. The van der Waals surface area contributed by atoms with Gasteiger partial charge in [-0.2, -0.15) is 52.7 Å². The molecule has 6 aromatic rings. The number of nitrogens with two attached hydrogens (primary N) is 1. The van der Waals surface area contributed by atoms with Crippen LogP contribution in [-0.4, -0.2) is 101 Å². The van der Waals surface area contributed by atoms with Crippen molar-refractivity contribution < 1.29 is 108 Å². The molecule has 13 nitrogen and oxygen atoms in total. The van der Waals surface area contributed by atoms with Crippen LogP contribution in [0.2, 0.25) is 0 Å². The van der Waals surface area contributed by atoms with Crippen LogP contribution < -0.4 is 40.6 Å². The molecule has 90 heavy (non-hydrogen) atoms. The van der Waals surface area contributed by atoms with Crippen molar-refractivity contribution in [1.29, 1.82) is 0 Å². The summed E-state index contributed by atoms with van der Waals surface area (Å²) in [5.74, 6) is -3.74. The molecule has 6 rings (SSSR count). The number of nitrogen functional groups attached to an aromatic ring is 1. The van der Waals surface area contributed by atoms with Crippen molar-refractivity contribution in [2.75, 3.05) is 69.8 Å². The van der Waals surface area contributed by atoms with Crippen LogP contribution in [0.3, 0.4) is 0 Å². The summed E-state index contributed by atoms with van der Waals surface area (Å²) in [7, 11) is 4.88. The van der Waals surface area contributed by atoms with E-state index in [4.69, 9.17) is 36.3 Å². The molecule has 3 amide bonds. The lowest BCUT2D eigenvalue weighted by Gasteiger charge is -2.31. The van der Waals surface area contributed by atoms with Crippen LogP contribution in [-0.2, 0) is 11.3 Å². The molecule has 30 heteroatoms. The Labute approximate surface area is 510 Å². The number of hydrogen-bond acceptors (Lipinski definition) is 10. The Kier molecular flexibility index (Phi) is 26.0. The number of aryl methyl sites for hydroxylation is 4. The lowest BCUT2D eigenvalue weighted by atomic mass is 9.90. The first-order valence-corrected chi connectivity index (χ1v) is 26.5. The maximum absolute atomic E-state index is 14.6. The number of rotatable bonds is 16. The van der Waals surface area contributed by atoms with E-state index in [1.54, 1.807) is 0 Å². The zero-order chi connectivity index (χ0) is 68.8. The molecule has 6 aromatic carbocycles. The summed E-state index contributed by atoms with van der Waals surface area (Å²) in [6.07, 6.45) is -25.1. The Morgan fingerprint density at radius 3 is 1.07 bits per heavy atom. The van der Waals surface area contributed by atoms with Crippen LogP contribution in [0, 0.1) is 39.3 Å². The van der Waals surface area contributed by atoms with Gasteiger partial charge < -0.3 is 45.5 Å². The highest BCUT2D eigenvalue weighted by atomic mass is 35.5. The number of ether oxygens (including phenoxy) is 4. The molecule has 0 aliphatic heterocycles. The van der Waals surface area contributed by atoms with Crippen molar-refractivity contribution in [1.82, 2.24) is 4.90 Å². The van der Waals surface area contributed by atoms with Crippen molar-refractivity contribution >= 4 is 57.3 Å². The van der Waals surface area contributed by atoms with Crippen molar-refractivity contribution in [2.45, 2.75) is 84.5 Å². The summed E-state index contributed by atoms with van der Waals surface area (Å²) in [4.78, 5) is 51.7. The molecular weight excluding hydrogens is 1260 g/mol. The molecule has 0 spiro atoms. The highest BCUT2D eigenvalue weighted by molar-refractivity contribution is 6.67.